The molecule has 0 aromatic rings. The van der Waals surface area contributed by atoms with Crippen LogP contribution in [-0.2, 0) is 0 Å². The zero-order valence-electron chi connectivity index (χ0n) is 6.33. The molecule has 0 amide bonds. The summed E-state index contributed by atoms with van der Waals surface area (Å²) in [4.78, 5) is 9.98. The van der Waals surface area contributed by atoms with Gasteiger partial charge in [0.15, 0.2) is 0 Å². The standard InChI is InChI=1S/C7H7Br2NO2/c1-5-4-6(10(11)12)2-3-7(5,8)9/h2-5H,1H3. The third-order valence-electron chi connectivity index (χ3n) is 1.71. The van der Waals surface area contributed by atoms with Crippen molar-refractivity contribution >= 4 is 31.9 Å². The van der Waals surface area contributed by atoms with Crippen molar-refractivity contribution in [1.29, 1.82) is 0 Å². The lowest BCUT2D eigenvalue weighted by Crippen LogP contribution is -2.21. The summed E-state index contributed by atoms with van der Waals surface area (Å²) < 4.78 is -0.334. The Bertz CT molecular complexity index is 271. The Kier molecular flexibility index (Phi) is 2.73. The Morgan fingerprint density at radius 2 is 2.25 bits per heavy atom. The van der Waals surface area contributed by atoms with E-state index in [0.717, 1.165) is 0 Å². The van der Waals surface area contributed by atoms with Crippen molar-refractivity contribution in [3.8, 4) is 0 Å². The highest BCUT2D eigenvalue weighted by Gasteiger charge is 2.31. The largest absolute Gasteiger partial charge is 0.265 e. The Balaban J connectivity index is 2.91. The van der Waals surface area contributed by atoms with E-state index in [1.54, 1.807) is 12.2 Å². The zero-order chi connectivity index (χ0) is 9.35. The van der Waals surface area contributed by atoms with Crippen LogP contribution in [0.3, 0.4) is 0 Å². The SMILES string of the molecule is CC1C=C([N+](=O)[O-])C=CC1(Br)Br. The first-order valence-electron chi connectivity index (χ1n) is 3.37. The van der Waals surface area contributed by atoms with Gasteiger partial charge < -0.3 is 0 Å². The maximum atomic E-state index is 10.4. The number of nitrogens with zero attached hydrogens (tertiary/aromatic N) is 1. The van der Waals surface area contributed by atoms with E-state index in [9.17, 15) is 10.1 Å². The molecule has 1 unspecified atom stereocenters. The second-order valence-corrected chi connectivity index (χ2v) is 6.33. The molecular weight excluding hydrogens is 290 g/mol. The molecule has 1 rings (SSSR count). The minimum atomic E-state index is -0.387. The number of allylic oxidation sites excluding steroid dienone is 3. The molecule has 0 spiro atoms. The molecule has 0 radical (unpaired) electrons. The van der Waals surface area contributed by atoms with Crippen LogP contribution in [0.1, 0.15) is 6.92 Å². The van der Waals surface area contributed by atoms with Gasteiger partial charge in [0.05, 0.1) is 4.92 Å². The molecule has 12 heavy (non-hydrogen) atoms. The van der Waals surface area contributed by atoms with Crippen molar-refractivity contribution in [3.63, 3.8) is 0 Å². The van der Waals surface area contributed by atoms with Gasteiger partial charge >= 0.3 is 0 Å². The first kappa shape index (κ1) is 9.92. The second-order valence-electron chi connectivity index (χ2n) is 2.65. The highest BCUT2D eigenvalue weighted by atomic mass is 79.9. The van der Waals surface area contributed by atoms with Crippen molar-refractivity contribution in [1.82, 2.24) is 0 Å². The quantitative estimate of drug-likeness (QED) is 0.424. The number of nitro groups is 1. The fourth-order valence-corrected chi connectivity index (χ4v) is 1.42. The maximum Gasteiger partial charge on any atom is 0.265 e. The summed E-state index contributed by atoms with van der Waals surface area (Å²) in [6.07, 6.45) is 4.84. The molecule has 1 aliphatic carbocycles. The first-order chi connectivity index (χ1) is 5.43. The number of halogens is 2. The van der Waals surface area contributed by atoms with Gasteiger partial charge in [-0.05, 0) is 12.2 Å². The third kappa shape index (κ3) is 1.95. The molecule has 66 valence electrons. The highest BCUT2D eigenvalue weighted by Crippen LogP contribution is 2.40. The number of rotatable bonds is 1. The van der Waals surface area contributed by atoms with Crippen molar-refractivity contribution < 1.29 is 4.92 Å². The lowest BCUT2D eigenvalue weighted by atomic mass is 10.0. The Labute approximate surface area is 86.9 Å². The molecule has 0 N–H and O–H groups in total. The van der Waals surface area contributed by atoms with Crippen LogP contribution >= 0.6 is 31.9 Å². The molecule has 1 aliphatic rings. The summed E-state index contributed by atoms with van der Waals surface area (Å²) in [6, 6.07) is 0. The number of alkyl halides is 2. The molecule has 0 heterocycles. The van der Waals surface area contributed by atoms with Gasteiger partial charge in [-0.15, -0.1) is 0 Å². The smallest absolute Gasteiger partial charge is 0.258 e. The van der Waals surface area contributed by atoms with Gasteiger partial charge in [0.2, 0.25) is 0 Å². The lowest BCUT2D eigenvalue weighted by molar-refractivity contribution is -0.419. The van der Waals surface area contributed by atoms with Crippen molar-refractivity contribution in [2.75, 3.05) is 0 Å². The maximum absolute atomic E-state index is 10.4. The Hall–Kier alpha value is -0.160. The van der Waals surface area contributed by atoms with Crippen LogP contribution in [0.4, 0.5) is 0 Å². The summed E-state index contributed by atoms with van der Waals surface area (Å²) in [5.74, 6) is 0.0582. The first-order valence-corrected chi connectivity index (χ1v) is 4.95. The van der Waals surface area contributed by atoms with Crippen LogP contribution < -0.4 is 0 Å². The van der Waals surface area contributed by atoms with E-state index in [4.69, 9.17) is 0 Å². The molecule has 0 bridgehead atoms. The van der Waals surface area contributed by atoms with E-state index in [0.29, 0.717) is 0 Å². The van der Waals surface area contributed by atoms with Crippen LogP contribution in [0.2, 0.25) is 0 Å². The molecule has 0 aliphatic heterocycles. The van der Waals surface area contributed by atoms with Gasteiger partial charge in [0, 0.05) is 12.0 Å². The van der Waals surface area contributed by atoms with Gasteiger partial charge in [0.25, 0.3) is 5.70 Å². The van der Waals surface area contributed by atoms with Gasteiger partial charge in [-0.25, -0.2) is 0 Å². The highest BCUT2D eigenvalue weighted by molar-refractivity contribution is 9.25. The molecule has 0 fully saturated rings. The molecular formula is C7H7Br2NO2. The zero-order valence-corrected chi connectivity index (χ0v) is 9.50. The van der Waals surface area contributed by atoms with Gasteiger partial charge in [-0.1, -0.05) is 38.8 Å². The van der Waals surface area contributed by atoms with Crippen LogP contribution in [0, 0.1) is 16.0 Å². The van der Waals surface area contributed by atoms with Gasteiger partial charge in [-0.2, -0.15) is 0 Å². The van der Waals surface area contributed by atoms with Gasteiger partial charge in [-0.3, -0.25) is 10.1 Å². The molecule has 0 saturated heterocycles. The predicted octanol–water partition coefficient (Wildman–Crippen LogP) is 2.84. The summed E-state index contributed by atoms with van der Waals surface area (Å²) in [5, 5.41) is 10.4. The summed E-state index contributed by atoms with van der Waals surface area (Å²) >= 11 is 6.79. The molecule has 0 aromatic heterocycles. The fraction of sp³-hybridized carbons (Fsp3) is 0.429. The fourth-order valence-electron chi connectivity index (χ4n) is 0.893. The topological polar surface area (TPSA) is 43.1 Å². The van der Waals surface area contributed by atoms with E-state index >= 15 is 0 Å². The Morgan fingerprint density at radius 1 is 1.67 bits per heavy atom. The number of hydrogen-bond donors (Lipinski definition) is 0. The van der Waals surface area contributed by atoms with Crippen LogP contribution in [0.25, 0.3) is 0 Å². The molecule has 0 aromatic carbocycles. The minimum absolute atomic E-state index is 0.0582. The third-order valence-corrected chi connectivity index (χ3v) is 3.69. The molecule has 1 atom stereocenters. The summed E-state index contributed by atoms with van der Waals surface area (Å²) in [6.45, 7) is 1.90. The Morgan fingerprint density at radius 3 is 2.67 bits per heavy atom. The van der Waals surface area contributed by atoms with Crippen LogP contribution in [0.15, 0.2) is 23.9 Å². The van der Waals surface area contributed by atoms with E-state index in [1.807, 2.05) is 6.92 Å². The van der Waals surface area contributed by atoms with E-state index in [-0.39, 0.29) is 19.8 Å². The monoisotopic (exact) mass is 295 g/mol. The summed E-state index contributed by atoms with van der Waals surface area (Å²) in [5.41, 5.74) is 0.150. The van der Waals surface area contributed by atoms with Gasteiger partial charge in [0.1, 0.15) is 3.23 Å². The van der Waals surface area contributed by atoms with E-state index in [2.05, 4.69) is 31.9 Å². The molecule has 3 nitrogen and oxygen atoms in total. The summed E-state index contributed by atoms with van der Waals surface area (Å²) in [7, 11) is 0. The molecule has 0 saturated carbocycles. The molecule has 5 heteroatoms. The van der Waals surface area contributed by atoms with E-state index < -0.39 is 0 Å². The van der Waals surface area contributed by atoms with Crippen LogP contribution in [0.5, 0.6) is 0 Å². The average molecular weight is 297 g/mol. The van der Waals surface area contributed by atoms with Crippen molar-refractivity contribution in [3.05, 3.63) is 34.0 Å². The normalized spacial score (nSPS) is 26.6. The van der Waals surface area contributed by atoms with Crippen LogP contribution in [-0.4, -0.2) is 8.16 Å². The second kappa shape index (κ2) is 3.30. The minimum Gasteiger partial charge on any atom is -0.258 e. The van der Waals surface area contributed by atoms with Crippen molar-refractivity contribution in [2.24, 2.45) is 5.92 Å². The predicted molar refractivity (Wildman–Crippen MR) is 54.0 cm³/mol. The number of hydrogen-bond acceptors (Lipinski definition) is 2. The lowest BCUT2D eigenvalue weighted by Gasteiger charge is -2.23. The van der Waals surface area contributed by atoms with Crippen molar-refractivity contribution in [2.45, 2.75) is 10.2 Å². The average Bonchev–Trinajstić information content (AvgIpc) is 1.94. The van der Waals surface area contributed by atoms with E-state index in [1.165, 1.54) is 6.08 Å².